The lowest BCUT2D eigenvalue weighted by Gasteiger charge is -2.42. The van der Waals surface area contributed by atoms with E-state index < -0.39 is 0 Å². The van der Waals surface area contributed by atoms with E-state index in [2.05, 4.69) is 18.9 Å². The van der Waals surface area contributed by atoms with Crippen molar-refractivity contribution in [2.24, 2.45) is 7.05 Å². The van der Waals surface area contributed by atoms with Crippen LogP contribution in [0.5, 0.6) is 0 Å². The number of ether oxygens (including phenoxy) is 2. The van der Waals surface area contributed by atoms with E-state index in [-0.39, 0.29) is 17.6 Å². The summed E-state index contributed by atoms with van der Waals surface area (Å²) in [7, 11) is 3.52. The molecule has 1 aromatic rings. The van der Waals surface area contributed by atoms with Gasteiger partial charge in [-0.2, -0.15) is 5.10 Å². The molecule has 0 N–H and O–H groups in total. The van der Waals surface area contributed by atoms with Crippen molar-refractivity contribution >= 4 is 5.91 Å². The Bertz CT molecular complexity index is 537. The summed E-state index contributed by atoms with van der Waals surface area (Å²) in [5.74, 6) is 0.293. The van der Waals surface area contributed by atoms with Gasteiger partial charge in [0.05, 0.1) is 18.3 Å². The van der Waals surface area contributed by atoms with Crippen molar-refractivity contribution in [2.45, 2.75) is 45.3 Å². The molecule has 22 heavy (non-hydrogen) atoms. The lowest BCUT2D eigenvalue weighted by atomic mass is 10.0. The molecule has 6 nitrogen and oxygen atoms in total. The normalized spacial score (nSPS) is 21.4. The van der Waals surface area contributed by atoms with Crippen LogP contribution in [-0.2, 0) is 16.5 Å². The standard InChI is InChI=1S/C16H27N3O3/c1-11(2)14-7-13(17-18(14)5)15(20)19-8-12(9-21-6)22-16(3,4)10-19/h7,11-12H,8-10H2,1-6H3/t12-/m1/s1. The van der Waals surface area contributed by atoms with Crippen molar-refractivity contribution < 1.29 is 14.3 Å². The van der Waals surface area contributed by atoms with Crippen LogP contribution >= 0.6 is 0 Å². The van der Waals surface area contributed by atoms with Gasteiger partial charge < -0.3 is 14.4 Å². The molecule has 2 rings (SSSR count). The van der Waals surface area contributed by atoms with Crippen LogP contribution in [0.2, 0.25) is 0 Å². The number of amides is 1. The molecule has 1 saturated heterocycles. The predicted octanol–water partition coefficient (Wildman–Crippen LogP) is 1.81. The van der Waals surface area contributed by atoms with E-state index in [4.69, 9.17) is 9.47 Å². The van der Waals surface area contributed by atoms with E-state index in [9.17, 15) is 4.79 Å². The van der Waals surface area contributed by atoms with E-state index in [0.717, 1.165) is 5.69 Å². The minimum Gasteiger partial charge on any atom is -0.382 e. The fourth-order valence-corrected chi connectivity index (χ4v) is 3.01. The molecule has 1 aliphatic heterocycles. The highest BCUT2D eigenvalue weighted by atomic mass is 16.5. The quantitative estimate of drug-likeness (QED) is 0.851. The Balaban J connectivity index is 2.19. The molecule has 1 fully saturated rings. The highest BCUT2D eigenvalue weighted by Gasteiger charge is 2.36. The second-order valence-corrected chi connectivity index (χ2v) is 6.87. The van der Waals surface area contributed by atoms with Crippen LogP contribution in [0.4, 0.5) is 0 Å². The van der Waals surface area contributed by atoms with Crippen LogP contribution in [0.1, 0.15) is 49.8 Å². The summed E-state index contributed by atoms with van der Waals surface area (Å²) in [6, 6.07) is 1.89. The number of aryl methyl sites for hydroxylation is 1. The number of aromatic nitrogens is 2. The molecule has 0 aliphatic carbocycles. The zero-order valence-electron chi connectivity index (χ0n) is 14.4. The van der Waals surface area contributed by atoms with Crippen LogP contribution in [-0.4, -0.2) is 59.1 Å². The van der Waals surface area contributed by atoms with Gasteiger partial charge in [0.2, 0.25) is 0 Å². The van der Waals surface area contributed by atoms with E-state index >= 15 is 0 Å². The van der Waals surface area contributed by atoms with Gasteiger partial charge in [-0.1, -0.05) is 13.8 Å². The Morgan fingerprint density at radius 1 is 1.55 bits per heavy atom. The third-order valence-electron chi connectivity index (χ3n) is 3.85. The first-order chi connectivity index (χ1) is 10.2. The van der Waals surface area contributed by atoms with Crippen molar-refractivity contribution in [3.63, 3.8) is 0 Å². The molecule has 6 heteroatoms. The van der Waals surface area contributed by atoms with Crippen LogP contribution < -0.4 is 0 Å². The first-order valence-electron chi connectivity index (χ1n) is 7.73. The van der Waals surface area contributed by atoms with Crippen LogP contribution in [0.25, 0.3) is 0 Å². The number of carbonyl (C=O) groups excluding carboxylic acids is 1. The number of methoxy groups -OCH3 is 1. The van der Waals surface area contributed by atoms with E-state index in [1.807, 2.05) is 31.9 Å². The van der Waals surface area contributed by atoms with Gasteiger partial charge in [0, 0.05) is 32.9 Å². The van der Waals surface area contributed by atoms with Crippen molar-refractivity contribution in [1.29, 1.82) is 0 Å². The average Bonchev–Trinajstić information content (AvgIpc) is 2.78. The number of carbonyl (C=O) groups is 1. The molecule has 1 aliphatic rings. The third kappa shape index (κ3) is 3.67. The van der Waals surface area contributed by atoms with Crippen LogP contribution in [0, 0.1) is 0 Å². The number of hydrogen-bond acceptors (Lipinski definition) is 4. The average molecular weight is 309 g/mol. The predicted molar refractivity (Wildman–Crippen MR) is 84.0 cm³/mol. The molecule has 0 saturated carbocycles. The molecule has 0 aromatic carbocycles. The van der Waals surface area contributed by atoms with Crippen molar-refractivity contribution in [1.82, 2.24) is 14.7 Å². The second kappa shape index (κ2) is 6.38. The van der Waals surface area contributed by atoms with Gasteiger partial charge in [-0.25, -0.2) is 0 Å². The molecule has 2 heterocycles. The molecular weight excluding hydrogens is 282 g/mol. The summed E-state index contributed by atoms with van der Waals surface area (Å²) in [4.78, 5) is 14.6. The minimum atomic E-state index is -0.382. The van der Waals surface area contributed by atoms with Crippen molar-refractivity contribution in [3.8, 4) is 0 Å². The molecular formula is C16H27N3O3. The maximum Gasteiger partial charge on any atom is 0.274 e. The van der Waals surface area contributed by atoms with Gasteiger partial charge in [0.1, 0.15) is 0 Å². The topological polar surface area (TPSA) is 56.6 Å². The summed E-state index contributed by atoms with van der Waals surface area (Å²) < 4.78 is 12.9. The van der Waals surface area contributed by atoms with Crippen LogP contribution in [0.15, 0.2) is 6.07 Å². The number of hydrogen-bond donors (Lipinski definition) is 0. The Labute approximate surface area is 132 Å². The molecule has 0 unspecified atom stereocenters. The highest BCUT2D eigenvalue weighted by Crippen LogP contribution is 2.23. The van der Waals surface area contributed by atoms with E-state index in [0.29, 0.717) is 31.3 Å². The zero-order chi connectivity index (χ0) is 16.5. The highest BCUT2D eigenvalue weighted by molar-refractivity contribution is 5.92. The van der Waals surface area contributed by atoms with Gasteiger partial charge in [0.25, 0.3) is 5.91 Å². The van der Waals surface area contributed by atoms with Gasteiger partial charge >= 0.3 is 0 Å². The van der Waals surface area contributed by atoms with Crippen LogP contribution in [0.3, 0.4) is 0 Å². The second-order valence-electron chi connectivity index (χ2n) is 6.87. The maximum absolute atomic E-state index is 12.8. The fraction of sp³-hybridized carbons (Fsp3) is 0.750. The molecule has 0 bridgehead atoms. The maximum atomic E-state index is 12.8. The summed E-state index contributed by atoms with van der Waals surface area (Å²) in [6.07, 6.45) is -0.106. The first kappa shape index (κ1) is 17.0. The molecule has 1 atom stereocenters. The monoisotopic (exact) mass is 309 g/mol. The molecule has 1 amide bonds. The van der Waals surface area contributed by atoms with Gasteiger partial charge in [-0.15, -0.1) is 0 Å². The third-order valence-corrected chi connectivity index (χ3v) is 3.85. The lowest BCUT2D eigenvalue weighted by molar-refractivity contribution is -0.143. The van der Waals surface area contributed by atoms with Crippen molar-refractivity contribution in [3.05, 3.63) is 17.5 Å². The molecule has 0 radical (unpaired) electrons. The van der Waals surface area contributed by atoms with Gasteiger partial charge in [0.15, 0.2) is 5.69 Å². The summed E-state index contributed by atoms with van der Waals surface area (Å²) in [6.45, 7) is 9.74. The molecule has 1 aromatic heterocycles. The number of rotatable bonds is 4. The minimum absolute atomic E-state index is 0.0417. The molecule has 124 valence electrons. The van der Waals surface area contributed by atoms with Gasteiger partial charge in [-0.3, -0.25) is 9.48 Å². The van der Waals surface area contributed by atoms with E-state index in [1.54, 1.807) is 11.8 Å². The van der Waals surface area contributed by atoms with E-state index in [1.165, 1.54) is 0 Å². The Kier molecular flexibility index (Phi) is 4.92. The zero-order valence-corrected chi connectivity index (χ0v) is 14.4. The Morgan fingerprint density at radius 3 is 2.77 bits per heavy atom. The fourth-order valence-electron chi connectivity index (χ4n) is 3.01. The Hall–Kier alpha value is -1.40. The largest absolute Gasteiger partial charge is 0.382 e. The van der Waals surface area contributed by atoms with Gasteiger partial charge in [-0.05, 0) is 25.8 Å². The summed E-state index contributed by atoms with van der Waals surface area (Å²) >= 11 is 0. The Morgan fingerprint density at radius 2 is 2.23 bits per heavy atom. The van der Waals surface area contributed by atoms with Crippen molar-refractivity contribution in [2.75, 3.05) is 26.8 Å². The summed E-state index contributed by atoms with van der Waals surface area (Å²) in [5, 5.41) is 4.38. The smallest absolute Gasteiger partial charge is 0.274 e. The SMILES string of the molecule is COC[C@H]1CN(C(=O)c2cc(C(C)C)n(C)n2)CC(C)(C)O1. The summed E-state index contributed by atoms with van der Waals surface area (Å²) in [5.41, 5.74) is 1.18. The number of morpholine rings is 1. The first-order valence-corrected chi connectivity index (χ1v) is 7.73. The number of nitrogens with zero attached hydrogens (tertiary/aromatic N) is 3. The molecule has 0 spiro atoms. The lowest BCUT2D eigenvalue weighted by Crippen LogP contribution is -2.55.